The van der Waals surface area contributed by atoms with Crippen molar-refractivity contribution in [1.29, 1.82) is 0 Å². The van der Waals surface area contributed by atoms with E-state index in [4.69, 9.17) is 4.74 Å². The highest BCUT2D eigenvalue weighted by Crippen LogP contribution is 2.39. The third-order valence-electron chi connectivity index (χ3n) is 4.00. The first-order valence-corrected chi connectivity index (χ1v) is 7.60. The van der Waals surface area contributed by atoms with Crippen LogP contribution < -0.4 is 10.1 Å². The standard InChI is InChI=1S/C19H21NO2/c1-13-8-10-14(11-9-13)18(21)20-16-12-19(2,3)22-17-7-5-4-6-15(16)17/h4-11,16H,12H2,1-3H3,(H,20,21)/t16-/m0/s1. The Labute approximate surface area is 131 Å². The second-order valence-corrected chi connectivity index (χ2v) is 6.50. The maximum atomic E-state index is 12.5. The van der Waals surface area contributed by atoms with Gasteiger partial charge >= 0.3 is 0 Å². The van der Waals surface area contributed by atoms with Crippen LogP contribution in [0, 0.1) is 6.92 Å². The zero-order chi connectivity index (χ0) is 15.7. The number of carbonyl (C=O) groups excluding carboxylic acids is 1. The molecule has 0 saturated heterocycles. The summed E-state index contributed by atoms with van der Waals surface area (Å²) in [6, 6.07) is 15.5. The van der Waals surface area contributed by atoms with E-state index < -0.39 is 0 Å². The Hall–Kier alpha value is -2.29. The van der Waals surface area contributed by atoms with Gasteiger partial charge in [-0.25, -0.2) is 0 Å². The van der Waals surface area contributed by atoms with Gasteiger partial charge in [0.2, 0.25) is 0 Å². The molecule has 0 aliphatic carbocycles. The Kier molecular flexibility index (Phi) is 3.65. The van der Waals surface area contributed by atoms with E-state index >= 15 is 0 Å². The summed E-state index contributed by atoms with van der Waals surface area (Å²) in [6.45, 7) is 6.11. The van der Waals surface area contributed by atoms with Crippen LogP contribution in [-0.4, -0.2) is 11.5 Å². The van der Waals surface area contributed by atoms with Crippen LogP contribution in [0.1, 0.15) is 47.8 Å². The molecule has 0 radical (unpaired) electrons. The van der Waals surface area contributed by atoms with E-state index in [1.54, 1.807) is 0 Å². The topological polar surface area (TPSA) is 38.3 Å². The van der Waals surface area contributed by atoms with Crippen LogP contribution in [0.5, 0.6) is 5.75 Å². The number of hydrogen-bond donors (Lipinski definition) is 1. The van der Waals surface area contributed by atoms with Crippen LogP contribution >= 0.6 is 0 Å². The fourth-order valence-electron chi connectivity index (χ4n) is 2.88. The maximum absolute atomic E-state index is 12.5. The first-order chi connectivity index (χ1) is 10.4. The molecule has 2 aromatic carbocycles. The number of rotatable bonds is 2. The molecule has 0 spiro atoms. The minimum Gasteiger partial charge on any atom is -0.487 e. The SMILES string of the molecule is Cc1ccc(C(=O)N[C@H]2CC(C)(C)Oc3ccccc32)cc1. The molecule has 3 rings (SSSR count). The first-order valence-electron chi connectivity index (χ1n) is 7.60. The van der Waals surface area contributed by atoms with Crippen molar-refractivity contribution in [1.82, 2.24) is 5.32 Å². The molecule has 3 nitrogen and oxygen atoms in total. The molecule has 1 aliphatic rings. The molecular weight excluding hydrogens is 274 g/mol. The summed E-state index contributed by atoms with van der Waals surface area (Å²) in [6.07, 6.45) is 0.752. The number of carbonyl (C=O) groups is 1. The Morgan fingerprint density at radius 2 is 1.82 bits per heavy atom. The molecule has 1 aliphatic heterocycles. The third kappa shape index (κ3) is 2.98. The van der Waals surface area contributed by atoms with Crippen molar-refractivity contribution in [2.24, 2.45) is 0 Å². The lowest BCUT2D eigenvalue weighted by atomic mass is 9.89. The van der Waals surface area contributed by atoms with E-state index in [0.29, 0.717) is 5.56 Å². The molecule has 0 fully saturated rings. The van der Waals surface area contributed by atoms with E-state index in [1.165, 1.54) is 0 Å². The van der Waals surface area contributed by atoms with Gasteiger partial charge in [-0.3, -0.25) is 4.79 Å². The maximum Gasteiger partial charge on any atom is 0.251 e. The van der Waals surface area contributed by atoms with Crippen molar-refractivity contribution in [3.8, 4) is 5.75 Å². The number of aryl methyl sites for hydroxylation is 1. The van der Waals surface area contributed by atoms with Gasteiger partial charge in [0.15, 0.2) is 0 Å². The minimum absolute atomic E-state index is 0.0336. The normalized spacial score (nSPS) is 19.0. The van der Waals surface area contributed by atoms with E-state index in [2.05, 4.69) is 5.32 Å². The smallest absolute Gasteiger partial charge is 0.251 e. The Balaban J connectivity index is 1.85. The average molecular weight is 295 g/mol. The van der Waals surface area contributed by atoms with Gasteiger partial charge < -0.3 is 10.1 Å². The summed E-state index contributed by atoms with van der Waals surface area (Å²) in [5.74, 6) is 0.811. The van der Waals surface area contributed by atoms with Crippen molar-refractivity contribution in [2.45, 2.75) is 38.8 Å². The summed E-state index contributed by atoms with van der Waals surface area (Å²) in [5.41, 5.74) is 2.59. The molecule has 1 N–H and O–H groups in total. The van der Waals surface area contributed by atoms with Crippen molar-refractivity contribution in [2.75, 3.05) is 0 Å². The molecule has 114 valence electrons. The highest BCUT2D eigenvalue weighted by molar-refractivity contribution is 5.94. The second-order valence-electron chi connectivity index (χ2n) is 6.50. The Bertz CT molecular complexity index is 689. The molecule has 1 amide bonds. The van der Waals surface area contributed by atoms with Gasteiger partial charge in [0.25, 0.3) is 5.91 Å². The molecule has 0 saturated carbocycles. The molecule has 0 bridgehead atoms. The summed E-state index contributed by atoms with van der Waals surface area (Å²) in [5, 5.41) is 3.15. The lowest BCUT2D eigenvalue weighted by Crippen LogP contribution is -2.41. The number of para-hydroxylation sites is 1. The van der Waals surface area contributed by atoms with Crippen molar-refractivity contribution in [3.63, 3.8) is 0 Å². The number of benzene rings is 2. The fraction of sp³-hybridized carbons (Fsp3) is 0.316. The highest BCUT2D eigenvalue weighted by atomic mass is 16.5. The van der Waals surface area contributed by atoms with Gasteiger partial charge in [0, 0.05) is 17.5 Å². The molecule has 1 heterocycles. The molecular formula is C19H21NO2. The van der Waals surface area contributed by atoms with Crippen LogP contribution in [0.3, 0.4) is 0 Å². The van der Waals surface area contributed by atoms with Gasteiger partial charge in [0.1, 0.15) is 11.4 Å². The number of nitrogens with one attached hydrogen (secondary N) is 1. The fourth-order valence-corrected chi connectivity index (χ4v) is 2.88. The van der Waals surface area contributed by atoms with E-state index in [1.807, 2.05) is 69.3 Å². The van der Waals surface area contributed by atoms with E-state index in [9.17, 15) is 4.79 Å². The number of amides is 1. The monoisotopic (exact) mass is 295 g/mol. The minimum atomic E-state index is -0.292. The number of ether oxygens (including phenoxy) is 1. The van der Waals surface area contributed by atoms with Gasteiger partial charge in [-0.05, 0) is 39.0 Å². The van der Waals surface area contributed by atoms with Gasteiger partial charge in [-0.1, -0.05) is 35.9 Å². The lowest BCUT2D eigenvalue weighted by Gasteiger charge is -2.37. The van der Waals surface area contributed by atoms with Crippen LogP contribution in [0.15, 0.2) is 48.5 Å². The molecule has 22 heavy (non-hydrogen) atoms. The van der Waals surface area contributed by atoms with Gasteiger partial charge in [-0.2, -0.15) is 0 Å². The van der Waals surface area contributed by atoms with Crippen LogP contribution in [0.2, 0.25) is 0 Å². The molecule has 3 heteroatoms. The summed E-state index contributed by atoms with van der Waals surface area (Å²) in [7, 11) is 0. The average Bonchev–Trinajstić information content (AvgIpc) is 2.46. The predicted octanol–water partition coefficient (Wildman–Crippen LogP) is 4.03. The third-order valence-corrected chi connectivity index (χ3v) is 4.00. The second kappa shape index (κ2) is 5.48. The largest absolute Gasteiger partial charge is 0.487 e. The van der Waals surface area contributed by atoms with Crippen LogP contribution in [0.25, 0.3) is 0 Å². The van der Waals surface area contributed by atoms with E-state index in [0.717, 1.165) is 23.3 Å². The molecule has 1 atom stereocenters. The first kappa shape index (κ1) is 14.6. The summed E-state index contributed by atoms with van der Waals surface area (Å²) in [4.78, 5) is 12.5. The molecule has 0 unspecified atom stereocenters. The summed E-state index contributed by atoms with van der Waals surface area (Å²) < 4.78 is 6.00. The van der Waals surface area contributed by atoms with Gasteiger partial charge in [0.05, 0.1) is 6.04 Å². The van der Waals surface area contributed by atoms with Crippen LogP contribution in [0.4, 0.5) is 0 Å². The highest BCUT2D eigenvalue weighted by Gasteiger charge is 2.34. The lowest BCUT2D eigenvalue weighted by molar-refractivity contribution is 0.0620. The molecule has 2 aromatic rings. The Morgan fingerprint density at radius 1 is 1.14 bits per heavy atom. The zero-order valence-electron chi connectivity index (χ0n) is 13.2. The van der Waals surface area contributed by atoms with Crippen molar-refractivity contribution >= 4 is 5.91 Å². The van der Waals surface area contributed by atoms with Crippen LogP contribution in [-0.2, 0) is 0 Å². The number of fused-ring (bicyclic) bond motifs is 1. The molecule has 0 aromatic heterocycles. The summed E-state index contributed by atoms with van der Waals surface area (Å²) >= 11 is 0. The Morgan fingerprint density at radius 3 is 2.55 bits per heavy atom. The van der Waals surface area contributed by atoms with Gasteiger partial charge in [-0.15, -0.1) is 0 Å². The number of hydrogen-bond acceptors (Lipinski definition) is 2. The van der Waals surface area contributed by atoms with E-state index in [-0.39, 0.29) is 17.6 Å². The predicted molar refractivity (Wildman–Crippen MR) is 87.2 cm³/mol. The van der Waals surface area contributed by atoms with Crippen molar-refractivity contribution in [3.05, 3.63) is 65.2 Å². The van der Waals surface area contributed by atoms with Crippen molar-refractivity contribution < 1.29 is 9.53 Å². The zero-order valence-corrected chi connectivity index (χ0v) is 13.2. The quantitative estimate of drug-likeness (QED) is 0.908.